The third kappa shape index (κ3) is 4.89. The molecule has 0 aliphatic carbocycles. The Morgan fingerprint density at radius 1 is 1.42 bits per heavy atom. The molecule has 0 heterocycles. The Balaban J connectivity index is 2.90. The number of benzene rings is 1. The summed E-state index contributed by atoms with van der Waals surface area (Å²) < 4.78 is 35.7. The van der Waals surface area contributed by atoms with Crippen molar-refractivity contribution >= 4 is 9.84 Å². The number of halogens is 1. The van der Waals surface area contributed by atoms with Crippen molar-refractivity contribution in [2.24, 2.45) is 5.73 Å². The average Bonchev–Trinajstić information content (AvgIpc) is 2.31. The van der Waals surface area contributed by atoms with Crippen molar-refractivity contribution in [2.45, 2.75) is 13.0 Å². The summed E-state index contributed by atoms with van der Waals surface area (Å²) in [6.07, 6.45) is 1.20. The maximum atomic E-state index is 13.3. The van der Waals surface area contributed by atoms with Crippen LogP contribution in [0.4, 0.5) is 4.39 Å². The van der Waals surface area contributed by atoms with Gasteiger partial charge in [0.05, 0.1) is 5.75 Å². The summed E-state index contributed by atoms with van der Waals surface area (Å²) in [6.45, 7) is 2.57. The van der Waals surface area contributed by atoms with Crippen molar-refractivity contribution in [3.05, 3.63) is 35.1 Å². The fraction of sp³-hybridized carbons (Fsp3) is 0.538. The molecule has 108 valence electrons. The molecule has 0 aliphatic rings. The van der Waals surface area contributed by atoms with Gasteiger partial charge in [-0.15, -0.1) is 0 Å². The zero-order chi connectivity index (χ0) is 14.6. The first-order valence-electron chi connectivity index (χ1n) is 6.08. The van der Waals surface area contributed by atoms with Crippen molar-refractivity contribution in [3.8, 4) is 0 Å². The van der Waals surface area contributed by atoms with Crippen LogP contribution in [0.15, 0.2) is 18.2 Å². The van der Waals surface area contributed by atoms with Crippen LogP contribution in [0.3, 0.4) is 0 Å². The van der Waals surface area contributed by atoms with Crippen molar-refractivity contribution in [2.75, 3.05) is 32.1 Å². The number of hydrogen-bond donors (Lipinski definition) is 1. The first-order valence-corrected chi connectivity index (χ1v) is 8.14. The monoisotopic (exact) mass is 288 g/mol. The highest BCUT2D eigenvalue weighted by Crippen LogP contribution is 2.22. The van der Waals surface area contributed by atoms with Gasteiger partial charge in [0, 0.05) is 25.4 Å². The Morgan fingerprint density at radius 3 is 2.58 bits per heavy atom. The van der Waals surface area contributed by atoms with Crippen LogP contribution in [0.25, 0.3) is 0 Å². The third-order valence-corrected chi connectivity index (χ3v) is 4.09. The molecule has 1 aromatic carbocycles. The number of nitrogens with two attached hydrogens (primary N) is 1. The molecule has 0 spiro atoms. The van der Waals surface area contributed by atoms with E-state index in [0.29, 0.717) is 13.1 Å². The first-order chi connectivity index (χ1) is 8.74. The molecule has 0 amide bonds. The van der Waals surface area contributed by atoms with E-state index in [2.05, 4.69) is 0 Å². The minimum Gasteiger partial charge on any atom is -0.329 e. The van der Waals surface area contributed by atoms with Crippen LogP contribution in [0.2, 0.25) is 0 Å². The van der Waals surface area contributed by atoms with Gasteiger partial charge in [0.15, 0.2) is 0 Å². The lowest BCUT2D eigenvalue weighted by atomic mass is 10.00. The molecule has 4 nitrogen and oxygen atoms in total. The predicted molar refractivity (Wildman–Crippen MR) is 75.3 cm³/mol. The molecule has 1 rings (SSSR count). The molecule has 0 bridgehead atoms. The third-order valence-electron chi connectivity index (χ3n) is 3.17. The van der Waals surface area contributed by atoms with Crippen LogP contribution in [-0.2, 0) is 9.84 Å². The quantitative estimate of drug-likeness (QED) is 0.852. The van der Waals surface area contributed by atoms with E-state index in [4.69, 9.17) is 5.73 Å². The zero-order valence-corrected chi connectivity index (χ0v) is 12.4. The molecule has 0 aliphatic heterocycles. The fourth-order valence-corrected chi connectivity index (χ4v) is 2.60. The minimum absolute atomic E-state index is 0.0639. The van der Waals surface area contributed by atoms with Gasteiger partial charge in [0.2, 0.25) is 0 Å². The summed E-state index contributed by atoms with van der Waals surface area (Å²) in [5.41, 5.74) is 7.50. The Hall–Kier alpha value is -0.980. The Kier molecular flexibility index (Phi) is 5.46. The summed E-state index contributed by atoms with van der Waals surface area (Å²) >= 11 is 0. The van der Waals surface area contributed by atoms with Gasteiger partial charge >= 0.3 is 0 Å². The number of sulfone groups is 1. The molecule has 0 aromatic heterocycles. The van der Waals surface area contributed by atoms with Crippen LogP contribution in [0, 0.1) is 12.7 Å². The lowest BCUT2D eigenvalue weighted by molar-refractivity contribution is 0.263. The van der Waals surface area contributed by atoms with E-state index in [0.717, 1.165) is 11.1 Å². The first kappa shape index (κ1) is 16.1. The summed E-state index contributed by atoms with van der Waals surface area (Å²) in [4.78, 5) is 1.85. The molecule has 1 atom stereocenters. The Labute approximate surface area is 114 Å². The summed E-state index contributed by atoms with van der Waals surface area (Å²) in [6, 6.07) is 4.39. The lowest BCUT2D eigenvalue weighted by Gasteiger charge is -2.28. The van der Waals surface area contributed by atoms with E-state index in [1.54, 1.807) is 13.1 Å². The van der Waals surface area contributed by atoms with Gasteiger partial charge in [-0.2, -0.15) is 0 Å². The Morgan fingerprint density at radius 2 is 2.05 bits per heavy atom. The maximum absolute atomic E-state index is 13.3. The van der Waals surface area contributed by atoms with Gasteiger partial charge < -0.3 is 5.73 Å². The van der Waals surface area contributed by atoms with Crippen LogP contribution < -0.4 is 5.73 Å². The molecular weight excluding hydrogens is 267 g/mol. The summed E-state index contributed by atoms with van der Waals surface area (Å²) in [7, 11) is -1.22. The topological polar surface area (TPSA) is 63.4 Å². The number of likely N-dealkylation sites (N-methyl/N-ethyl adjacent to an activating group) is 1. The van der Waals surface area contributed by atoms with Crippen molar-refractivity contribution in [1.82, 2.24) is 4.90 Å². The highest BCUT2D eigenvalue weighted by atomic mass is 32.2. The van der Waals surface area contributed by atoms with Crippen LogP contribution in [0.5, 0.6) is 0 Å². The van der Waals surface area contributed by atoms with Crippen LogP contribution >= 0.6 is 0 Å². The average molecular weight is 288 g/mol. The van der Waals surface area contributed by atoms with E-state index in [-0.39, 0.29) is 17.6 Å². The molecule has 0 saturated heterocycles. The second-order valence-corrected chi connectivity index (χ2v) is 7.12. The van der Waals surface area contributed by atoms with Crippen molar-refractivity contribution < 1.29 is 12.8 Å². The predicted octanol–water partition coefficient (Wildman–Crippen LogP) is 1.11. The Bertz CT molecular complexity index is 531. The van der Waals surface area contributed by atoms with E-state index in [1.165, 1.54) is 18.4 Å². The molecule has 0 saturated carbocycles. The highest BCUT2D eigenvalue weighted by molar-refractivity contribution is 7.90. The maximum Gasteiger partial charge on any atom is 0.148 e. The largest absolute Gasteiger partial charge is 0.329 e. The SMILES string of the molecule is Cc1ccc(F)cc1C(CN)N(C)CCS(C)(=O)=O. The molecule has 0 radical (unpaired) electrons. The van der Waals surface area contributed by atoms with Crippen molar-refractivity contribution in [3.63, 3.8) is 0 Å². The van der Waals surface area contributed by atoms with Crippen molar-refractivity contribution in [1.29, 1.82) is 0 Å². The van der Waals surface area contributed by atoms with Crippen LogP contribution in [-0.4, -0.2) is 45.5 Å². The van der Waals surface area contributed by atoms with Gasteiger partial charge in [-0.25, -0.2) is 12.8 Å². The normalized spacial score (nSPS) is 13.8. The van der Waals surface area contributed by atoms with E-state index < -0.39 is 9.84 Å². The standard InChI is InChI=1S/C13H21FN2O2S/c1-10-4-5-11(14)8-12(10)13(9-15)16(2)6-7-19(3,17)18/h4-5,8,13H,6-7,9,15H2,1-3H3. The molecule has 1 aromatic rings. The number of aryl methyl sites for hydroxylation is 1. The highest BCUT2D eigenvalue weighted by Gasteiger charge is 2.19. The molecule has 6 heteroatoms. The molecule has 1 unspecified atom stereocenters. The molecule has 19 heavy (non-hydrogen) atoms. The summed E-state index contributed by atoms with van der Waals surface area (Å²) in [5, 5.41) is 0. The second kappa shape index (κ2) is 6.45. The second-order valence-electron chi connectivity index (χ2n) is 4.86. The number of rotatable bonds is 6. The van der Waals surface area contributed by atoms with Gasteiger partial charge in [0.1, 0.15) is 15.7 Å². The fourth-order valence-electron chi connectivity index (χ4n) is 1.98. The smallest absolute Gasteiger partial charge is 0.148 e. The molecule has 2 N–H and O–H groups in total. The van der Waals surface area contributed by atoms with E-state index in [1.807, 2.05) is 11.8 Å². The number of nitrogens with zero attached hydrogens (tertiary/aromatic N) is 1. The van der Waals surface area contributed by atoms with Gasteiger partial charge in [0.25, 0.3) is 0 Å². The van der Waals surface area contributed by atoms with Gasteiger partial charge in [-0.1, -0.05) is 6.07 Å². The van der Waals surface area contributed by atoms with E-state index >= 15 is 0 Å². The lowest BCUT2D eigenvalue weighted by Crippen LogP contribution is -2.34. The van der Waals surface area contributed by atoms with Crippen LogP contribution in [0.1, 0.15) is 17.2 Å². The summed E-state index contributed by atoms with van der Waals surface area (Å²) in [5.74, 6) is -0.246. The molecular formula is C13H21FN2O2S. The van der Waals surface area contributed by atoms with Gasteiger partial charge in [-0.3, -0.25) is 4.90 Å². The number of hydrogen-bond acceptors (Lipinski definition) is 4. The van der Waals surface area contributed by atoms with Gasteiger partial charge in [-0.05, 0) is 37.2 Å². The van der Waals surface area contributed by atoms with E-state index in [9.17, 15) is 12.8 Å². The molecule has 0 fully saturated rings. The minimum atomic E-state index is -3.02. The zero-order valence-electron chi connectivity index (χ0n) is 11.6.